The van der Waals surface area contributed by atoms with Crippen molar-refractivity contribution in [3.8, 4) is 0 Å². The largest absolute Gasteiger partial charge is 0.395 e. The molecule has 74 valence electrons. The zero-order valence-electron chi connectivity index (χ0n) is 8.80. The fourth-order valence-corrected chi connectivity index (χ4v) is 1.28. The number of nitrogens with one attached hydrogen (secondary N) is 1. The summed E-state index contributed by atoms with van der Waals surface area (Å²) in [5.41, 5.74) is 0. The van der Waals surface area contributed by atoms with E-state index in [1.165, 1.54) is 0 Å². The van der Waals surface area contributed by atoms with Crippen LogP contribution >= 0.6 is 0 Å². The van der Waals surface area contributed by atoms with E-state index in [0.717, 1.165) is 12.8 Å². The van der Waals surface area contributed by atoms with Gasteiger partial charge in [-0.1, -0.05) is 20.8 Å². The Bertz CT molecular complexity index is 104. The van der Waals surface area contributed by atoms with Gasteiger partial charge in [-0.25, -0.2) is 0 Å². The quantitative estimate of drug-likeness (QED) is 0.641. The van der Waals surface area contributed by atoms with Gasteiger partial charge in [-0.3, -0.25) is 0 Å². The molecule has 0 aliphatic heterocycles. The molecule has 0 aromatic heterocycles. The second-order valence-corrected chi connectivity index (χ2v) is 3.99. The van der Waals surface area contributed by atoms with Gasteiger partial charge in [0.1, 0.15) is 0 Å². The molecule has 0 bridgehead atoms. The van der Waals surface area contributed by atoms with Crippen LogP contribution in [0, 0.1) is 5.92 Å². The summed E-state index contributed by atoms with van der Waals surface area (Å²) in [6.45, 7) is 8.93. The topological polar surface area (TPSA) is 32.3 Å². The van der Waals surface area contributed by atoms with Crippen LogP contribution in [0.25, 0.3) is 0 Å². The molecule has 0 saturated heterocycles. The van der Waals surface area contributed by atoms with Crippen molar-refractivity contribution in [1.82, 2.24) is 5.32 Å². The number of hydrogen-bond acceptors (Lipinski definition) is 2. The lowest BCUT2D eigenvalue weighted by Crippen LogP contribution is -2.39. The molecule has 0 aromatic carbocycles. The van der Waals surface area contributed by atoms with Crippen LogP contribution in [-0.4, -0.2) is 23.8 Å². The molecule has 0 heterocycles. The standard InChI is InChI=1S/C10H23NO/c1-5-9(4)11-10(7-12)6-8(2)3/h8-12H,5-7H2,1-4H3/t9-,10-/m1/s1. The van der Waals surface area contributed by atoms with E-state index in [9.17, 15) is 0 Å². The smallest absolute Gasteiger partial charge is 0.0584 e. The van der Waals surface area contributed by atoms with E-state index >= 15 is 0 Å². The number of rotatable bonds is 6. The Hall–Kier alpha value is -0.0800. The lowest BCUT2D eigenvalue weighted by molar-refractivity contribution is 0.214. The molecule has 12 heavy (non-hydrogen) atoms. The second kappa shape index (κ2) is 6.44. The van der Waals surface area contributed by atoms with Crippen molar-refractivity contribution in [3.05, 3.63) is 0 Å². The summed E-state index contributed by atoms with van der Waals surface area (Å²) in [5.74, 6) is 0.652. The molecule has 0 fully saturated rings. The van der Waals surface area contributed by atoms with Gasteiger partial charge in [0.05, 0.1) is 6.61 Å². The Labute approximate surface area is 76.4 Å². The molecule has 0 spiro atoms. The van der Waals surface area contributed by atoms with Crippen LogP contribution in [-0.2, 0) is 0 Å². The fraction of sp³-hybridized carbons (Fsp3) is 1.00. The van der Waals surface area contributed by atoms with Crippen LogP contribution < -0.4 is 5.32 Å². The molecule has 0 radical (unpaired) electrons. The molecular formula is C10H23NO. The fourth-order valence-electron chi connectivity index (χ4n) is 1.28. The van der Waals surface area contributed by atoms with Crippen LogP contribution in [0.2, 0.25) is 0 Å². The SMILES string of the molecule is CC[C@@H](C)N[C@@H](CO)CC(C)C. The molecule has 0 saturated carbocycles. The zero-order chi connectivity index (χ0) is 9.56. The van der Waals surface area contributed by atoms with Crippen molar-refractivity contribution in [3.63, 3.8) is 0 Å². The normalized spacial score (nSPS) is 16.5. The molecule has 0 aliphatic rings. The third-order valence-corrected chi connectivity index (χ3v) is 2.11. The molecule has 0 aromatic rings. The van der Waals surface area contributed by atoms with E-state index in [1.807, 2.05) is 0 Å². The van der Waals surface area contributed by atoms with Gasteiger partial charge in [0, 0.05) is 12.1 Å². The highest BCUT2D eigenvalue weighted by atomic mass is 16.3. The Balaban J connectivity index is 3.66. The molecule has 0 rings (SSSR count). The highest BCUT2D eigenvalue weighted by Gasteiger charge is 2.10. The van der Waals surface area contributed by atoms with Crippen molar-refractivity contribution in [2.45, 2.75) is 52.6 Å². The molecule has 2 heteroatoms. The predicted molar refractivity (Wildman–Crippen MR) is 53.2 cm³/mol. The van der Waals surface area contributed by atoms with E-state index in [2.05, 4.69) is 33.0 Å². The Kier molecular flexibility index (Phi) is 6.39. The maximum atomic E-state index is 9.06. The summed E-state index contributed by atoms with van der Waals surface area (Å²) < 4.78 is 0. The van der Waals surface area contributed by atoms with Crippen molar-refractivity contribution in [1.29, 1.82) is 0 Å². The minimum atomic E-state index is 0.253. The van der Waals surface area contributed by atoms with Gasteiger partial charge in [0.25, 0.3) is 0 Å². The molecule has 0 aliphatic carbocycles. The number of aliphatic hydroxyl groups excluding tert-OH is 1. The van der Waals surface area contributed by atoms with Crippen LogP contribution in [0.5, 0.6) is 0 Å². The first-order valence-electron chi connectivity index (χ1n) is 4.97. The first-order chi connectivity index (χ1) is 5.60. The molecule has 2 nitrogen and oxygen atoms in total. The van der Waals surface area contributed by atoms with Gasteiger partial charge in [-0.2, -0.15) is 0 Å². The van der Waals surface area contributed by atoms with E-state index in [0.29, 0.717) is 12.0 Å². The van der Waals surface area contributed by atoms with Crippen LogP contribution in [0.15, 0.2) is 0 Å². The van der Waals surface area contributed by atoms with E-state index < -0.39 is 0 Å². The van der Waals surface area contributed by atoms with Gasteiger partial charge in [-0.15, -0.1) is 0 Å². The van der Waals surface area contributed by atoms with Crippen LogP contribution in [0.3, 0.4) is 0 Å². The lowest BCUT2D eigenvalue weighted by atomic mass is 10.0. The predicted octanol–water partition coefficient (Wildman–Crippen LogP) is 1.78. The summed E-state index contributed by atoms with van der Waals surface area (Å²) in [5, 5.41) is 12.5. The van der Waals surface area contributed by atoms with E-state index in [4.69, 9.17) is 5.11 Å². The molecule has 2 atom stereocenters. The van der Waals surface area contributed by atoms with Gasteiger partial charge >= 0.3 is 0 Å². The lowest BCUT2D eigenvalue weighted by Gasteiger charge is -2.22. The monoisotopic (exact) mass is 173 g/mol. The third-order valence-electron chi connectivity index (χ3n) is 2.11. The second-order valence-electron chi connectivity index (χ2n) is 3.99. The first-order valence-corrected chi connectivity index (χ1v) is 4.97. The maximum Gasteiger partial charge on any atom is 0.0584 e. The number of hydrogen-bond donors (Lipinski definition) is 2. The molecular weight excluding hydrogens is 150 g/mol. The Morgan fingerprint density at radius 2 is 1.83 bits per heavy atom. The molecule has 0 unspecified atom stereocenters. The number of aliphatic hydroxyl groups is 1. The maximum absolute atomic E-state index is 9.06. The average Bonchev–Trinajstić information content (AvgIpc) is 2.02. The molecule has 2 N–H and O–H groups in total. The van der Waals surface area contributed by atoms with Crippen molar-refractivity contribution in [2.24, 2.45) is 5.92 Å². The summed E-state index contributed by atoms with van der Waals surface area (Å²) in [6.07, 6.45) is 2.18. The summed E-state index contributed by atoms with van der Waals surface area (Å²) in [4.78, 5) is 0. The van der Waals surface area contributed by atoms with Crippen molar-refractivity contribution in [2.75, 3.05) is 6.61 Å². The van der Waals surface area contributed by atoms with Gasteiger partial charge in [-0.05, 0) is 25.7 Å². The summed E-state index contributed by atoms with van der Waals surface area (Å²) >= 11 is 0. The van der Waals surface area contributed by atoms with Crippen molar-refractivity contribution < 1.29 is 5.11 Å². The van der Waals surface area contributed by atoms with Crippen LogP contribution in [0.4, 0.5) is 0 Å². The summed E-state index contributed by atoms with van der Waals surface area (Å²) in [6, 6.07) is 0.792. The van der Waals surface area contributed by atoms with Crippen molar-refractivity contribution >= 4 is 0 Å². The molecule has 0 amide bonds. The van der Waals surface area contributed by atoms with Gasteiger partial charge in [0.15, 0.2) is 0 Å². The van der Waals surface area contributed by atoms with Gasteiger partial charge < -0.3 is 10.4 Å². The minimum absolute atomic E-state index is 0.253. The Morgan fingerprint density at radius 1 is 1.25 bits per heavy atom. The van der Waals surface area contributed by atoms with E-state index in [1.54, 1.807) is 0 Å². The minimum Gasteiger partial charge on any atom is -0.395 e. The third kappa shape index (κ3) is 5.56. The average molecular weight is 173 g/mol. The summed E-state index contributed by atoms with van der Waals surface area (Å²) in [7, 11) is 0. The first kappa shape index (κ1) is 11.9. The highest BCUT2D eigenvalue weighted by Crippen LogP contribution is 2.05. The Morgan fingerprint density at radius 3 is 2.17 bits per heavy atom. The zero-order valence-corrected chi connectivity index (χ0v) is 8.80. The highest BCUT2D eigenvalue weighted by molar-refractivity contribution is 4.70. The van der Waals surface area contributed by atoms with Gasteiger partial charge in [0.2, 0.25) is 0 Å². The van der Waals surface area contributed by atoms with Crippen LogP contribution in [0.1, 0.15) is 40.5 Å². The van der Waals surface area contributed by atoms with E-state index in [-0.39, 0.29) is 12.6 Å².